The van der Waals surface area contributed by atoms with Gasteiger partial charge in [0.2, 0.25) is 17.7 Å². The summed E-state index contributed by atoms with van der Waals surface area (Å²) < 4.78 is 25.9. The Balaban J connectivity index is 0.00000316. The van der Waals surface area contributed by atoms with Gasteiger partial charge in [0.05, 0.1) is 17.6 Å². The molecule has 0 spiro atoms. The monoisotopic (exact) mass is 535 g/mol. The quantitative estimate of drug-likeness (QED) is 0.186. The number of nitrogens with one attached hydrogen (secondary N) is 3. The number of likely N-dealkylation sites (N-methyl/N-ethyl adjacent to an activating group) is 1. The lowest BCUT2D eigenvalue weighted by Crippen LogP contribution is -2.52. The fourth-order valence-corrected chi connectivity index (χ4v) is 6.40. The molecule has 0 fully saturated rings. The van der Waals surface area contributed by atoms with Gasteiger partial charge < -0.3 is 10.6 Å². The Labute approximate surface area is 216 Å². The smallest absolute Gasteiger partial charge is 0.248 e. The van der Waals surface area contributed by atoms with E-state index in [2.05, 4.69) is 23.5 Å². The number of thiophene rings is 1. The molecule has 3 atom stereocenters. The van der Waals surface area contributed by atoms with E-state index in [4.69, 9.17) is 0 Å². The van der Waals surface area contributed by atoms with Gasteiger partial charge in [-0.15, -0.1) is 24.2 Å². The number of terminal acetylenes is 1. The van der Waals surface area contributed by atoms with E-state index in [1.165, 1.54) is 18.6 Å². The first-order valence-corrected chi connectivity index (χ1v) is 13.7. The lowest BCUT2D eigenvalue weighted by atomic mass is 9.84. The van der Waals surface area contributed by atoms with Crippen molar-refractivity contribution in [3.8, 4) is 12.8 Å². The van der Waals surface area contributed by atoms with Gasteiger partial charge in [-0.05, 0) is 29.3 Å². The van der Waals surface area contributed by atoms with Gasteiger partial charge in [-0.3, -0.25) is 19.6 Å². The number of rotatable bonds is 12. The number of carbonyl (C=O) groups is 3. The molecule has 1 aromatic carbocycles. The molecular formula is C25H33N3O6S2. The molecule has 11 heteroatoms. The standard InChI is InChI=1S/C23H31N3O6S2.C2H2/c1-15(2)12-17(18(22(28)26-30)14-34(31,32)20-10-7-11-33-20)21(27)25-19(23(29)24-3)13-16-8-5-4-6-9-16;1-2/h4-11,15,17-19,30H,12-14H2,1-3H3,(H,24,29)(H,25,27)(H,26,28);1-2H/t17-,18?,19+;/m1./s1. The van der Waals surface area contributed by atoms with E-state index in [1.807, 2.05) is 44.2 Å². The molecule has 0 aliphatic rings. The van der Waals surface area contributed by atoms with Crippen LogP contribution in [0.15, 0.2) is 52.1 Å². The maximum absolute atomic E-state index is 13.4. The first kappa shape index (κ1) is 30.8. The summed E-state index contributed by atoms with van der Waals surface area (Å²) in [4.78, 5) is 38.5. The van der Waals surface area contributed by atoms with Crippen LogP contribution in [0.25, 0.3) is 0 Å². The van der Waals surface area contributed by atoms with Gasteiger partial charge in [0.15, 0.2) is 9.84 Å². The molecule has 2 rings (SSSR count). The SMILES string of the molecule is C#C.CNC(=O)[C@H](Cc1ccccc1)NC(=O)[C@H](CC(C)C)C(CS(=O)(=O)c1cccs1)C(=O)NO. The van der Waals surface area contributed by atoms with Gasteiger partial charge in [0.1, 0.15) is 10.3 Å². The molecule has 1 heterocycles. The highest BCUT2D eigenvalue weighted by molar-refractivity contribution is 7.93. The second-order valence-electron chi connectivity index (χ2n) is 8.40. The number of benzene rings is 1. The normalized spacial score (nSPS) is 13.4. The number of hydrogen-bond donors (Lipinski definition) is 4. The highest BCUT2D eigenvalue weighted by atomic mass is 32.2. The van der Waals surface area contributed by atoms with Gasteiger partial charge in [-0.1, -0.05) is 50.2 Å². The summed E-state index contributed by atoms with van der Waals surface area (Å²) in [7, 11) is -2.44. The van der Waals surface area contributed by atoms with Crippen molar-refractivity contribution in [2.45, 2.75) is 36.9 Å². The predicted molar refractivity (Wildman–Crippen MR) is 139 cm³/mol. The van der Waals surface area contributed by atoms with Crippen molar-refractivity contribution < 1.29 is 28.0 Å². The highest BCUT2D eigenvalue weighted by Crippen LogP contribution is 2.27. The van der Waals surface area contributed by atoms with E-state index < -0.39 is 51.2 Å². The number of sulfone groups is 1. The Morgan fingerprint density at radius 2 is 1.61 bits per heavy atom. The van der Waals surface area contributed by atoms with Crippen molar-refractivity contribution in [1.82, 2.24) is 16.1 Å². The van der Waals surface area contributed by atoms with Crippen LogP contribution in [0.5, 0.6) is 0 Å². The van der Waals surface area contributed by atoms with Crippen LogP contribution in [0.1, 0.15) is 25.8 Å². The largest absolute Gasteiger partial charge is 0.357 e. The first-order chi connectivity index (χ1) is 17.1. The van der Waals surface area contributed by atoms with Crippen molar-refractivity contribution in [3.63, 3.8) is 0 Å². The molecule has 0 saturated heterocycles. The Bertz CT molecular complexity index is 1100. The van der Waals surface area contributed by atoms with Crippen molar-refractivity contribution >= 4 is 38.9 Å². The Kier molecular flexibility index (Phi) is 12.9. The Morgan fingerprint density at radius 3 is 2.11 bits per heavy atom. The third-order valence-corrected chi connectivity index (χ3v) is 8.62. The van der Waals surface area contributed by atoms with E-state index in [0.717, 1.165) is 16.9 Å². The summed E-state index contributed by atoms with van der Waals surface area (Å²) in [6.07, 6.45) is 8.39. The molecule has 196 valence electrons. The molecule has 36 heavy (non-hydrogen) atoms. The van der Waals surface area contributed by atoms with Crippen molar-refractivity contribution in [2.75, 3.05) is 12.8 Å². The molecule has 0 radical (unpaired) electrons. The average Bonchev–Trinajstić information content (AvgIpc) is 3.42. The topological polar surface area (TPSA) is 142 Å². The molecule has 4 N–H and O–H groups in total. The molecule has 9 nitrogen and oxygen atoms in total. The first-order valence-electron chi connectivity index (χ1n) is 11.2. The molecule has 2 aromatic rings. The van der Waals surface area contributed by atoms with Crippen LogP contribution in [-0.4, -0.2) is 50.2 Å². The molecule has 0 aliphatic heterocycles. The Hall–Kier alpha value is -3.20. The number of carbonyl (C=O) groups excluding carboxylic acids is 3. The molecule has 3 amide bonds. The molecule has 1 aromatic heterocycles. The lowest BCUT2D eigenvalue weighted by molar-refractivity contribution is -0.140. The summed E-state index contributed by atoms with van der Waals surface area (Å²) in [5.41, 5.74) is 2.33. The van der Waals surface area contributed by atoms with Crippen LogP contribution < -0.4 is 16.1 Å². The zero-order valence-corrected chi connectivity index (χ0v) is 22.1. The van der Waals surface area contributed by atoms with E-state index in [9.17, 15) is 28.0 Å². The highest BCUT2D eigenvalue weighted by Gasteiger charge is 2.39. The van der Waals surface area contributed by atoms with Crippen LogP contribution in [0, 0.1) is 30.6 Å². The van der Waals surface area contributed by atoms with Gasteiger partial charge in [0.25, 0.3) is 0 Å². The van der Waals surface area contributed by atoms with Gasteiger partial charge in [0, 0.05) is 13.5 Å². The third-order valence-electron chi connectivity index (χ3n) is 5.36. The van der Waals surface area contributed by atoms with E-state index in [0.29, 0.717) is 0 Å². The lowest BCUT2D eigenvalue weighted by Gasteiger charge is -2.28. The second-order valence-corrected chi connectivity index (χ2v) is 11.6. The van der Waals surface area contributed by atoms with Crippen LogP contribution in [0.4, 0.5) is 0 Å². The van der Waals surface area contributed by atoms with Crippen LogP contribution in [0.2, 0.25) is 0 Å². The minimum Gasteiger partial charge on any atom is -0.357 e. The molecular weight excluding hydrogens is 502 g/mol. The maximum Gasteiger partial charge on any atom is 0.248 e. The van der Waals surface area contributed by atoms with Gasteiger partial charge >= 0.3 is 0 Å². The van der Waals surface area contributed by atoms with Gasteiger partial charge in [-0.25, -0.2) is 13.9 Å². The van der Waals surface area contributed by atoms with Crippen LogP contribution in [-0.2, 0) is 30.6 Å². The predicted octanol–water partition coefficient (Wildman–Crippen LogP) is 2.03. The fraction of sp³-hybridized carbons (Fsp3) is 0.400. The fourth-order valence-electron chi connectivity index (χ4n) is 3.69. The van der Waals surface area contributed by atoms with E-state index >= 15 is 0 Å². The van der Waals surface area contributed by atoms with Crippen LogP contribution >= 0.6 is 11.3 Å². The van der Waals surface area contributed by atoms with E-state index in [-0.39, 0.29) is 23.0 Å². The second kappa shape index (κ2) is 15.0. The zero-order chi connectivity index (χ0) is 27.3. The van der Waals surface area contributed by atoms with Crippen molar-refractivity contribution in [2.24, 2.45) is 17.8 Å². The number of hydrogen-bond acceptors (Lipinski definition) is 7. The summed E-state index contributed by atoms with van der Waals surface area (Å²) >= 11 is 1.01. The molecule has 1 unspecified atom stereocenters. The van der Waals surface area contributed by atoms with Crippen molar-refractivity contribution in [3.05, 3.63) is 53.4 Å². The Morgan fingerprint density at radius 1 is 0.972 bits per heavy atom. The van der Waals surface area contributed by atoms with Crippen LogP contribution in [0.3, 0.4) is 0 Å². The average molecular weight is 536 g/mol. The number of hydroxylamine groups is 1. The maximum atomic E-state index is 13.4. The molecule has 0 saturated carbocycles. The summed E-state index contributed by atoms with van der Waals surface area (Å²) in [5.74, 6) is -5.20. The molecule has 0 bridgehead atoms. The third kappa shape index (κ3) is 9.11. The zero-order valence-electron chi connectivity index (χ0n) is 20.5. The minimum absolute atomic E-state index is 0.0678. The van der Waals surface area contributed by atoms with E-state index in [1.54, 1.807) is 11.4 Å². The summed E-state index contributed by atoms with van der Waals surface area (Å²) in [6, 6.07) is 11.2. The minimum atomic E-state index is -3.90. The van der Waals surface area contributed by atoms with Crippen molar-refractivity contribution in [1.29, 1.82) is 0 Å². The summed E-state index contributed by atoms with van der Waals surface area (Å²) in [5, 5.41) is 16.1. The molecule has 0 aliphatic carbocycles. The number of amides is 3. The van der Waals surface area contributed by atoms with Gasteiger partial charge in [-0.2, -0.15) is 0 Å². The summed E-state index contributed by atoms with van der Waals surface area (Å²) in [6.45, 7) is 3.67.